The van der Waals surface area contributed by atoms with Crippen molar-refractivity contribution in [3.63, 3.8) is 0 Å². The lowest BCUT2D eigenvalue weighted by molar-refractivity contribution is -0.187. The van der Waals surface area contributed by atoms with Gasteiger partial charge in [-0.1, -0.05) is 12.1 Å². The Hall–Kier alpha value is -1.94. The summed E-state index contributed by atoms with van der Waals surface area (Å²) in [5.74, 6) is -6.09. The van der Waals surface area contributed by atoms with E-state index in [4.69, 9.17) is 5.11 Å². The fourth-order valence-corrected chi connectivity index (χ4v) is 4.05. The second kappa shape index (κ2) is 6.17. The molecule has 24 heavy (non-hydrogen) atoms. The number of sulfonamides is 1. The summed E-state index contributed by atoms with van der Waals surface area (Å²) < 4.78 is 64.3. The van der Waals surface area contributed by atoms with E-state index in [9.17, 15) is 31.2 Å². The molecule has 1 aromatic rings. The number of ketones is 1. The van der Waals surface area contributed by atoms with Gasteiger partial charge in [0.1, 0.15) is 0 Å². The summed E-state index contributed by atoms with van der Waals surface area (Å²) in [7, 11) is -4.28. The van der Waals surface area contributed by atoms with Crippen molar-refractivity contribution in [1.29, 1.82) is 0 Å². The monoisotopic (exact) mass is 365 g/mol. The molecule has 10 heteroatoms. The quantitative estimate of drug-likeness (QED) is 0.821. The first kappa shape index (κ1) is 18.4. The molecule has 1 N–H and O–H groups in total. The zero-order valence-electron chi connectivity index (χ0n) is 12.4. The molecule has 0 spiro atoms. The molecule has 0 bridgehead atoms. The third kappa shape index (κ3) is 3.44. The number of rotatable bonds is 4. The molecule has 1 aliphatic rings. The maximum absolute atomic E-state index is 13.0. The van der Waals surface area contributed by atoms with E-state index >= 15 is 0 Å². The summed E-state index contributed by atoms with van der Waals surface area (Å²) in [6.07, 6.45) is -4.81. The van der Waals surface area contributed by atoms with Gasteiger partial charge in [-0.2, -0.15) is 17.5 Å². The molecular weight excluding hydrogens is 351 g/mol. The summed E-state index contributed by atoms with van der Waals surface area (Å²) in [6.45, 7) is -0.414. The third-order valence-electron chi connectivity index (χ3n) is 3.92. The molecule has 0 saturated carbocycles. The summed E-state index contributed by atoms with van der Waals surface area (Å²) >= 11 is 0. The van der Waals surface area contributed by atoms with Gasteiger partial charge in [0.25, 0.3) is 0 Å². The number of carbonyl (C=O) groups excluding carboxylic acids is 1. The lowest BCUT2D eigenvalue weighted by Crippen LogP contribution is -2.34. The lowest BCUT2D eigenvalue weighted by atomic mass is 9.96. The van der Waals surface area contributed by atoms with Crippen molar-refractivity contribution in [1.82, 2.24) is 4.31 Å². The van der Waals surface area contributed by atoms with Crippen molar-refractivity contribution in [2.75, 3.05) is 13.1 Å². The number of halogens is 3. The minimum absolute atomic E-state index is 0.256. The van der Waals surface area contributed by atoms with Gasteiger partial charge in [-0.05, 0) is 19.1 Å². The van der Waals surface area contributed by atoms with Crippen LogP contribution in [0.2, 0.25) is 0 Å². The van der Waals surface area contributed by atoms with Gasteiger partial charge >= 0.3 is 12.1 Å². The summed E-state index contributed by atoms with van der Waals surface area (Å²) in [5.41, 5.74) is 0.256. The fourth-order valence-electron chi connectivity index (χ4n) is 2.56. The van der Waals surface area contributed by atoms with Gasteiger partial charge in [0.05, 0.1) is 16.7 Å². The Morgan fingerprint density at radius 3 is 2.08 bits per heavy atom. The molecule has 2 atom stereocenters. The summed E-state index contributed by atoms with van der Waals surface area (Å²) in [5, 5.41) is 8.94. The van der Waals surface area contributed by atoms with Crippen LogP contribution >= 0.6 is 0 Å². The van der Waals surface area contributed by atoms with Gasteiger partial charge in [0, 0.05) is 18.7 Å². The highest BCUT2D eigenvalue weighted by Gasteiger charge is 2.54. The topological polar surface area (TPSA) is 91.8 Å². The van der Waals surface area contributed by atoms with Crippen molar-refractivity contribution in [2.45, 2.75) is 18.0 Å². The van der Waals surface area contributed by atoms with Crippen molar-refractivity contribution in [3.05, 3.63) is 29.8 Å². The number of aliphatic carboxylic acids is 1. The van der Waals surface area contributed by atoms with E-state index in [1.807, 2.05) is 0 Å². The fraction of sp³-hybridized carbons (Fsp3) is 0.429. The van der Waals surface area contributed by atoms with Gasteiger partial charge in [-0.25, -0.2) is 8.42 Å². The Bertz CT molecular complexity index is 758. The van der Waals surface area contributed by atoms with Crippen molar-refractivity contribution in [2.24, 2.45) is 11.8 Å². The van der Waals surface area contributed by atoms with Crippen molar-refractivity contribution < 1.29 is 36.3 Å². The second-order valence-corrected chi connectivity index (χ2v) is 7.43. The zero-order valence-corrected chi connectivity index (χ0v) is 13.3. The molecule has 0 radical (unpaired) electrons. The number of hydrogen-bond acceptors (Lipinski definition) is 4. The smallest absolute Gasteiger partial charge is 0.393 e. The molecule has 0 aliphatic carbocycles. The number of alkyl halides is 3. The number of hydrogen-bond donors (Lipinski definition) is 1. The molecule has 1 fully saturated rings. The van der Waals surface area contributed by atoms with Crippen LogP contribution in [-0.2, 0) is 14.8 Å². The van der Waals surface area contributed by atoms with Crippen LogP contribution in [0.3, 0.4) is 0 Å². The van der Waals surface area contributed by atoms with Crippen LogP contribution in [0.4, 0.5) is 13.2 Å². The molecular formula is C14H14F3NO5S. The van der Waals surface area contributed by atoms with Crippen molar-refractivity contribution in [3.8, 4) is 0 Å². The zero-order chi connectivity index (χ0) is 18.3. The predicted octanol–water partition coefficient (Wildman–Crippen LogP) is 1.77. The second-order valence-electron chi connectivity index (χ2n) is 5.50. The Kier molecular flexibility index (Phi) is 4.73. The van der Waals surface area contributed by atoms with Gasteiger partial charge in [0.2, 0.25) is 10.0 Å². The first-order valence-corrected chi connectivity index (χ1v) is 8.29. The highest BCUT2D eigenvalue weighted by molar-refractivity contribution is 7.89. The third-order valence-corrected chi connectivity index (χ3v) is 5.77. The average Bonchev–Trinajstić information content (AvgIpc) is 2.93. The molecule has 0 aromatic heterocycles. The van der Waals surface area contributed by atoms with E-state index in [1.165, 1.54) is 19.1 Å². The number of carboxylic acids is 1. The molecule has 2 rings (SSSR count). The Balaban J connectivity index is 2.33. The van der Waals surface area contributed by atoms with Gasteiger partial charge in [-0.3, -0.25) is 9.59 Å². The van der Waals surface area contributed by atoms with Crippen LogP contribution in [0, 0.1) is 11.8 Å². The van der Waals surface area contributed by atoms with Gasteiger partial charge in [-0.15, -0.1) is 0 Å². The maximum atomic E-state index is 13.0. The number of Topliss-reactive ketones (excluding diaryl/α,β-unsaturated/α-hetero) is 1. The number of carboxylic acid groups (broad SMARTS) is 1. The number of carbonyl (C=O) groups is 2. The minimum Gasteiger partial charge on any atom is -0.481 e. The normalized spacial score (nSPS) is 22.5. The Labute approximate surface area is 135 Å². The number of nitrogens with zero attached hydrogens (tertiary/aromatic N) is 1. The van der Waals surface area contributed by atoms with E-state index in [-0.39, 0.29) is 16.2 Å². The van der Waals surface area contributed by atoms with E-state index in [0.717, 1.165) is 12.1 Å². The van der Waals surface area contributed by atoms with Crippen LogP contribution in [0.1, 0.15) is 17.3 Å². The average molecular weight is 365 g/mol. The Morgan fingerprint density at radius 2 is 1.71 bits per heavy atom. The molecule has 1 aliphatic heterocycles. The number of benzene rings is 1. The van der Waals surface area contributed by atoms with E-state index < -0.39 is 47.1 Å². The SMILES string of the molecule is CC(=O)c1ccc(S(=O)(=O)N2C[C@@H](C(F)(F)F)[C@H](C(=O)O)C2)cc1. The standard InChI is InChI=1S/C14H14F3NO5S/c1-8(19)9-2-4-10(5-3-9)24(22,23)18-6-11(13(20)21)12(7-18)14(15,16)17/h2-5,11-12H,6-7H2,1H3,(H,20,21)/t11-,12-/m1/s1. The molecule has 6 nitrogen and oxygen atoms in total. The van der Waals surface area contributed by atoms with E-state index in [0.29, 0.717) is 4.31 Å². The molecule has 1 saturated heterocycles. The van der Waals surface area contributed by atoms with Gasteiger partial charge < -0.3 is 5.11 Å². The van der Waals surface area contributed by atoms with Crippen LogP contribution in [-0.4, -0.2) is 48.8 Å². The van der Waals surface area contributed by atoms with E-state index in [2.05, 4.69) is 0 Å². The summed E-state index contributed by atoms with van der Waals surface area (Å²) in [6, 6.07) is 4.73. The Morgan fingerprint density at radius 1 is 1.17 bits per heavy atom. The van der Waals surface area contributed by atoms with Crippen LogP contribution in [0.5, 0.6) is 0 Å². The first-order valence-electron chi connectivity index (χ1n) is 6.85. The lowest BCUT2D eigenvalue weighted by Gasteiger charge is -2.18. The first-order chi connectivity index (χ1) is 10.9. The summed E-state index contributed by atoms with van der Waals surface area (Å²) in [4.78, 5) is 21.9. The molecule has 1 heterocycles. The molecule has 0 amide bonds. The van der Waals surface area contributed by atoms with Crippen LogP contribution < -0.4 is 0 Å². The largest absolute Gasteiger partial charge is 0.481 e. The van der Waals surface area contributed by atoms with Crippen LogP contribution in [0.15, 0.2) is 29.2 Å². The molecule has 132 valence electrons. The van der Waals surface area contributed by atoms with Gasteiger partial charge in [0.15, 0.2) is 5.78 Å². The predicted molar refractivity (Wildman–Crippen MR) is 75.9 cm³/mol. The highest BCUT2D eigenvalue weighted by atomic mass is 32.2. The van der Waals surface area contributed by atoms with E-state index in [1.54, 1.807) is 0 Å². The maximum Gasteiger partial charge on any atom is 0.393 e. The molecule has 0 unspecified atom stereocenters. The highest BCUT2D eigenvalue weighted by Crippen LogP contribution is 2.39. The van der Waals surface area contributed by atoms with Crippen LogP contribution in [0.25, 0.3) is 0 Å². The molecule has 1 aromatic carbocycles. The van der Waals surface area contributed by atoms with Crippen molar-refractivity contribution >= 4 is 21.8 Å². The minimum atomic E-state index is -4.81.